The van der Waals surface area contributed by atoms with Gasteiger partial charge in [0.15, 0.2) is 0 Å². The molecule has 0 aromatic heterocycles. The van der Waals surface area contributed by atoms with Crippen LogP contribution in [0.5, 0.6) is 0 Å². The van der Waals surface area contributed by atoms with Gasteiger partial charge in [-0.25, -0.2) is 0 Å². The van der Waals surface area contributed by atoms with E-state index in [4.69, 9.17) is 5.26 Å². The number of nitriles is 1. The molecule has 2 fully saturated rings. The topological polar surface area (TPSA) is 23.8 Å². The molecule has 0 aromatic rings. The molecule has 2 bridgehead atoms. The van der Waals surface area contributed by atoms with Crippen molar-refractivity contribution in [2.75, 3.05) is 0 Å². The fraction of sp³-hybridized carbons (Fsp3) is 0.889. The highest BCUT2D eigenvalue weighted by Gasteiger charge is 2.41. The molecule has 0 spiro atoms. The van der Waals surface area contributed by atoms with Crippen LogP contribution in [-0.2, 0) is 0 Å². The van der Waals surface area contributed by atoms with Crippen LogP contribution in [0.4, 0.5) is 0 Å². The molecule has 0 heterocycles. The second-order valence-electron chi connectivity index (χ2n) is 3.89. The Hall–Kier alpha value is -0.510. The fourth-order valence-electron chi connectivity index (χ4n) is 2.60. The molecule has 2 atom stereocenters. The largest absolute Gasteiger partial charge is 0.198 e. The summed E-state index contributed by atoms with van der Waals surface area (Å²) in [5, 5.41) is 8.92. The van der Waals surface area contributed by atoms with Crippen LogP contribution in [0, 0.1) is 22.7 Å². The van der Waals surface area contributed by atoms with Crippen molar-refractivity contribution < 1.29 is 0 Å². The smallest absolute Gasteiger partial charge is 0.0689 e. The molecular weight excluding hydrogens is 122 g/mol. The summed E-state index contributed by atoms with van der Waals surface area (Å²) in [5.41, 5.74) is 0.142. The summed E-state index contributed by atoms with van der Waals surface area (Å²) in [7, 11) is 0. The van der Waals surface area contributed by atoms with Crippen LogP contribution in [0.3, 0.4) is 0 Å². The van der Waals surface area contributed by atoms with Crippen molar-refractivity contribution in [1.82, 2.24) is 0 Å². The average molecular weight is 135 g/mol. The number of hydrogen-bond acceptors (Lipinski definition) is 1. The van der Waals surface area contributed by atoms with Gasteiger partial charge in [0.2, 0.25) is 0 Å². The molecule has 54 valence electrons. The van der Waals surface area contributed by atoms with Gasteiger partial charge in [0.25, 0.3) is 0 Å². The van der Waals surface area contributed by atoms with Gasteiger partial charge in [0.05, 0.1) is 11.5 Å². The lowest BCUT2D eigenvalue weighted by molar-refractivity contribution is 0.285. The van der Waals surface area contributed by atoms with Crippen LogP contribution in [0.2, 0.25) is 0 Å². The Morgan fingerprint density at radius 3 is 2.90 bits per heavy atom. The van der Waals surface area contributed by atoms with Gasteiger partial charge in [-0.15, -0.1) is 0 Å². The minimum Gasteiger partial charge on any atom is -0.198 e. The molecular formula is C9H13N. The van der Waals surface area contributed by atoms with Crippen molar-refractivity contribution in [3.05, 3.63) is 0 Å². The number of rotatable bonds is 0. The van der Waals surface area contributed by atoms with E-state index in [9.17, 15) is 0 Å². The molecule has 2 aliphatic rings. The van der Waals surface area contributed by atoms with Gasteiger partial charge in [0.1, 0.15) is 0 Å². The van der Waals surface area contributed by atoms with Gasteiger partial charge in [-0.2, -0.15) is 5.26 Å². The molecule has 0 aliphatic heterocycles. The van der Waals surface area contributed by atoms with E-state index in [2.05, 4.69) is 6.07 Å². The molecule has 1 heteroatoms. The van der Waals surface area contributed by atoms with Gasteiger partial charge in [0, 0.05) is 0 Å². The highest BCUT2D eigenvalue weighted by Crippen LogP contribution is 2.50. The molecule has 2 saturated carbocycles. The van der Waals surface area contributed by atoms with Crippen molar-refractivity contribution in [2.24, 2.45) is 11.3 Å². The zero-order valence-corrected chi connectivity index (χ0v) is 6.27. The molecule has 0 saturated heterocycles. The van der Waals surface area contributed by atoms with E-state index in [0.29, 0.717) is 0 Å². The Morgan fingerprint density at radius 1 is 1.30 bits per heavy atom. The summed E-state index contributed by atoms with van der Waals surface area (Å²) in [5.74, 6) is 0.911. The summed E-state index contributed by atoms with van der Waals surface area (Å²) >= 11 is 0. The quantitative estimate of drug-likeness (QED) is 0.500. The van der Waals surface area contributed by atoms with E-state index in [1.54, 1.807) is 0 Å². The van der Waals surface area contributed by atoms with E-state index in [1.165, 1.54) is 38.5 Å². The minimum absolute atomic E-state index is 0.142. The molecule has 1 nitrogen and oxygen atoms in total. The van der Waals surface area contributed by atoms with Crippen LogP contribution in [-0.4, -0.2) is 0 Å². The zero-order valence-electron chi connectivity index (χ0n) is 6.27. The zero-order chi connectivity index (χ0) is 7.03. The third kappa shape index (κ3) is 0.751. The molecule has 10 heavy (non-hydrogen) atoms. The second kappa shape index (κ2) is 1.99. The molecule has 2 unspecified atom stereocenters. The summed E-state index contributed by atoms with van der Waals surface area (Å²) in [4.78, 5) is 0. The first-order valence-electron chi connectivity index (χ1n) is 4.26. The standard InChI is InChI=1S/C9H13N/c10-7-9-4-1-2-8(6-9)3-5-9/h8H,1-6H2. The molecule has 0 amide bonds. The number of fused-ring (bicyclic) bond motifs is 2. The maximum absolute atomic E-state index is 8.92. The lowest BCUT2D eigenvalue weighted by Gasteiger charge is -2.25. The van der Waals surface area contributed by atoms with Gasteiger partial charge < -0.3 is 0 Å². The highest BCUT2D eigenvalue weighted by atomic mass is 14.5. The summed E-state index contributed by atoms with van der Waals surface area (Å²) in [6.45, 7) is 0. The Bertz CT molecular complexity index is 176. The predicted octanol–water partition coefficient (Wildman–Crippen LogP) is 2.48. The summed E-state index contributed by atoms with van der Waals surface area (Å²) < 4.78 is 0. The Balaban J connectivity index is 2.19. The normalized spacial score (nSPS) is 44.9. The molecule has 0 N–H and O–H groups in total. The van der Waals surface area contributed by atoms with Crippen LogP contribution >= 0.6 is 0 Å². The van der Waals surface area contributed by atoms with Gasteiger partial charge in [-0.1, -0.05) is 12.8 Å². The van der Waals surface area contributed by atoms with Crippen molar-refractivity contribution in [3.8, 4) is 6.07 Å². The predicted molar refractivity (Wildman–Crippen MR) is 39.2 cm³/mol. The Labute approximate surface area is 62.0 Å². The van der Waals surface area contributed by atoms with E-state index < -0.39 is 0 Å². The van der Waals surface area contributed by atoms with E-state index >= 15 is 0 Å². The maximum Gasteiger partial charge on any atom is 0.0689 e. The fourth-order valence-corrected chi connectivity index (χ4v) is 2.60. The SMILES string of the molecule is N#CC12CCCC(CC1)C2. The van der Waals surface area contributed by atoms with Crippen molar-refractivity contribution in [3.63, 3.8) is 0 Å². The van der Waals surface area contributed by atoms with Crippen LogP contribution in [0.15, 0.2) is 0 Å². The minimum atomic E-state index is 0.142. The third-order valence-corrected chi connectivity index (χ3v) is 3.22. The van der Waals surface area contributed by atoms with E-state index in [1.807, 2.05) is 0 Å². The van der Waals surface area contributed by atoms with Crippen molar-refractivity contribution in [2.45, 2.75) is 38.5 Å². The monoisotopic (exact) mass is 135 g/mol. The summed E-state index contributed by atoms with van der Waals surface area (Å²) in [6.07, 6.45) is 7.60. The average Bonchev–Trinajstić information content (AvgIpc) is 2.29. The highest BCUT2D eigenvalue weighted by molar-refractivity contribution is 5.06. The molecule has 0 radical (unpaired) electrons. The summed E-state index contributed by atoms with van der Waals surface area (Å²) in [6, 6.07) is 2.51. The third-order valence-electron chi connectivity index (χ3n) is 3.22. The lowest BCUT2D eigenvalue weighted by atomic mass is 9.77. The van der Waals surface area contributed by atoms with E-state index in [-0.39, 0.29) is 5.41 Å². The molecule has 0 aromatic carbocycles. The van der Waals surface area contributed by atoms with Gasteiger partial charge in [-0.05, 0) is 31.6 Å². The Kier molecular flexibility index (Phi) is 1.23. The molecule has 2 rings (SSSR count). The maximum atomic E-state index is 8.92. The second-order valence-corrected chi connectivity index (χ2v) is 3.89. The lowest BCUT2D eigenvalue weighted by Crippen LogP contribution is -2.18. The molecule has 2 aliphatic carbocycles. The van der Waals surface area contributed by atoms with Gasteiger partial charge in [-0.3, -0.25) is 0 Å². The van der Waals surface area contributed by atoms with Crippen molar-refractivity contribution >= 4 is 0 Å². The van der Waals surface area contributed by atoms with Gasteiger partial charge >= 0.3 is 0 Å². The first kappa shape index (κ1) is 6.22. The first-order valence-corrected chi connectivity index (χ1v) is 4.26. The van der Waals surface area contributed by atoms with E-state index in [0.717, 1.165) is 5.92 Å². The first-order chi connectivity index (χ1) is 4.85. The van der Waals surface area contributed by atoms with Crippen LogP contribution in [0.25, 0.3) is 0 Å². The van der Waals surface area contributed by atoms with Crippen molar-refractivity contribution in [1.29, 1.82) is 5.26 Å². The Morgan fingerprint density at radius 2 is 2.20 bits per heavy atom. The number of nitrogens with zero attached hydrogens (tertiary/aromatic N) is 1. The van der Waals surface area contributed by atoms with Crippen LogP contribution < -0.4 is 0 Å². The number of hydrogen-bond donors (Lipinski definition) is 0. The van der Waals surface area contributed by atoms with Crippen LogP contribution in [0.1, 0.15) is 38.5 Å².